The predicted molar refractivity (Wildman–Crippen MR) is 186 cm³/mol. The Bertz CT molecular complexity index is 1540. The second-order valence-electron chi connectivity index (χ2n) is 14.2. The number of benzene rings is 3. The molecule has 3 aromatic rings. The van der Waals surface area contributed by atoms with Crippen molar-refractivity contribution in [2.45, 2.75) is 91.8 Å². The van der Waals surface area contributed by atoms with E-state index in [4.69, 9.17) is 14.2 Å². The first kappa shape index (κ1) is 36.3. The highest BCUT2D eigenvalue weighted by Gasteiger charge is 2.37. The maximum atomic E-state index is 13.7. The van der Waals surface area contributed by atoms with Crippen LogP contribution in [-0.4, -0.2) is 53.3 Å². The van der Waals surface area contributed by atoms with Gasteiger partial charge < -0.3 is 24.6 Å². The van der Waals surface area contributed by atoms with Crippen molar-refractivity contribution in [3.8, 4) is 17.2 Å². The van der Waals surface area contributed by atoms with Gasteiger partial charge in [-0.1, -0.05) is 85.2 Å². The Morgan fingerprint density at radius 2 is 1.54 bits per heavy atom. The van der Waals surface area contributed by atoms with Gasteiger partial charge in [-0.15, -0.1) is 0 Å². The van der Waals surface area contributed by atoms with E-state index in [1.807, 2.05) is 68.4 Å². The van der Waals surface area contributed by atoms with Gasteiger partial charge >= 0.3 is 12.1 Å². The van der Waals surface area contributed by atoms with Gasteiger partial charge in [-0.25, -0.2) is 9.59 Å². The van der Waals surface area contributed by atoms with Crippen molar-refractivity contribution in [2.75, 3.05) is 13.2 Å². The molecule has 0 saturated heterocycles. The summed E-state index contributed by atoms with van der Waals surface area (Å²) in [6.45, 7) is 15.5. The van der Waals surface area contributed by atoms with E-state index in [1.54, 1.807) is 12.1 Å². The van der Waals surface area contributed by atoms with Crippen LogP contribution in [0.15, 0.2) is 66.7 Å². The number of amides is 2. The molecule has 4 rings (SSSR count). The molecule has 0 aliphatic carbocycles. The number of carbonyl (C=O) groups excluding carboxylic acids is 2. The minimum atomic E-state index is -1.19. The van der Waals surface area contributed by atoms with E-state index in [1.165, 1.54) is 10.5 Å². The smallest absolute Gasteiger partial charge is 0.410 e. The molecule has 0 bridgehead atoms. The van der Waals surface area contributed by atoms with Crippen molar-refractivity contribution in [2.24, 2.45) is 11.8 Å². The highest BCUT2D eigenvalue weighted by molar-refractivity contribution is 5.90. The van der Waals surface area contributed by atoms with Crippen molar-refractivity contribution in [3.05, 3.63) is 89.0 Å². The van der Waals surface area contributed by atoms with E-state index in [0.29, 0.717) is 29.8 Å². The molecule has 9 heteroatoms. The lowest BCUT2D eigenvalue weighted by Gasteiger charge is -2.36. The Hall–Kier alpha value is -4.53. The quantitative estimate of drug-likeness (QED) is 0.195. The van der Waals surface area contributed by atoms with Crippen LogP contribution in [-0.2, 0) is 39.1 Å². The van der Waals surface area contributed by atoms with Crippen LogP contribution in [0, 0.1) is 11.8 Å². The number of ether oxygens (including phenoxy) is 3. The number of carbonyl (C=O) groups is 3. The number of rotatable bonds is 13. The summed E-state index contributed by atoms with van der Waals surface area (Å²) in [6.07, 6.45) is 0.663. The van der Waals surface area contributed by atoms with Gasteiger partial charge in [0.05, 0.1) is 19.8 Å². The van der Waals surface area contributed by atoms with Crippen LogP contribution in [0.25, 0.3) is 0 Å². The zero-order valence-corrected chi connectivity index (χ0v) is 29.2. The molecular formula is C39H50N2O7. The van der Waals surface area contributed by atoms with E-state index < -0.39 is 30.1 Å². The summed E-state index contributed by atoms with van der Waals surface area (Å²) in [4.78, 5) is 40.7. The van der Waals surface area contributed by atoms with E-state index in [2.05, 4.69) is 39.9 Å². The van der Waals surface area contributed by atoms with Crippen molar-refractivity contribution < 1.29 is 33.7 Å². The molecule has 2 unspecified atom stereocenters. The molecule has 0 fully saturated rings. The Labute approximate surface area is 284 Å². The van der Waals surface area contributed by atoms with Gasteiger partial charge in [0.2, 0.25) is 5.91 Å². The number of aliphatic carboxylic acids is 1. The van der Waals surface area contributed by atoms with Crippen molar-refractivity contribution >= 4 is 18.0 Å². The third-order valence-electron chi connectivity index (χ3n) is 8.55. The second-order valence-corrected chi connectivity index (χ2v) is 14.2. The summed E-state index contributed by atoms with van der Waals surface area (Å²) in [5.41, 5.74) is 3.67. The molecule has 258 valence electrons. The van der Waals surface area contributed by atoms with Crippen molar-refractivity contribution in [1.82, 2.24) is 10.2 Å². The normalized spacial score (nSPS) is 15.7. The third-order valence-corrected chi connectivity index (χ3v) is 8.55. The van der Waals surface area contributed by atoms with Crippen LogP contribution in [0.2, 0.25) is 0 Å². The molecule has 3 atom stereocenters. The number of nitrogens with zero attached hydrogens (tertiary/aromatic N) is 1. The summed E-state index contributed by atoms with van der Waals surface area (Å²) >= 11 is 0. The topological polar surface area (TPSA) is 114 Å². The highest BCUT2D eigenvalue weighted by Crippen LogP contribution is 2.31. The van der Waals surface area contributed by atoms with E-state index in [9.17, 15) is 19.5 Å². The summed E-state index contributed by atoms with van der Waals surface area (Å²) in [6, 6.07) is 18.7. The Balaban J connectivity index is 1.50. The summed E-state index contributed by atoms with van der Waals surface area (Å²) in [5.74, 6) is 0.821. The van der Waals surface area contributed by atoms with Crippen LogP contribution in [0.1, 0.15) is 77.1 Å². The minimum absolute atomic E-state index is 0.0267. The molecule has 48 heavy (non-hydrogen) atoms. The maximum Gasteiger partial charge on any atom is 0.410 e. The summed E-state index contributed by atoms with van der Waals surface area (Å²) in [5, 5.41) is 12.7. The molecular weight excluding hydrogens is 608 g/mol. The van der Waals surface area contributed by atoms with Gasteiger partial charge in [-0.2, -0.15) is 0 Å². The SMILES string of the molecule is CCC(C)COc1ccc(CC(NC(=O)[C@@H]2Cc3ccc(Oc4ccc(C(C)(C)C)cc4)cc3CN2C(=O)OCC(C)C)C(=O)O)cc1. The summed E-state index contributed by atoms with van der Waals surface area (Å²) < 4.78 is 17.5. The van der Waals surface area contributed by atoms with Gasteiger partial charge in [-0.05, 0) is 75.9 Å². The van der Waals surface area contributed by atoms with Crippen LogP contribution in [0.4, 0.5) is 4.79 Å². The predicted octanol–water partition coefficient (Wildman–Crippen LogP) is 7.53. The molecule has 9 nitrogen and oxygen atoms in total. The first-order chi connectivity index (χ1) is 22.7. The van der Waals surface area contributed by atoms with Gasteiger partial charge in [0.25, 0.3) is 0 Å². The van der Waals surface area contributed by atoms with Crippen molar-refractivity contribution in [1.29, 1.82) is 0 Å². The number of carboxylic acids is 1. The van der Waals surface area contributed by atoms with Gasteiger partial charge in [0, 0.05) is 12.8 Å². The lowest BCUT2D eigenvalue weighted by molar-refractivity contribution is -0.142. The standard InChI is InChI=1S/C39H50N2O7/c1-8-26(4)24-46-31-14-9-27(10-15-31)19-34(37(43)44)40-36(42)35-21-28-11-16-33(48-32-17-12-30(13-18-32)39(5,6)7)20-29(28)22-41(35)38(45)47-23-25(2)3/h9-18,20,25-26,34-35H,8,19,21-24H2,1-7H3,(H,40,42)(H,43,44)/t26?,34?,35-/m0/s1. The molecule has 1 heterocycles. The Morgan fingerprint density at radius 1 is 0.896 bits per heavy atom. The van der Waals surface area contributed by atoms with Crippen molar-refractivity contribution in [3.63, 3.8) is 0 Å². The third kappa shape index (κ3) is 9.99. The molecule has 0 saturated carbocycles. The van der Waals surface area contributed by atoms with Crippen LogP contribution < -0.4 is 14.8 Å². The Kier molecular flexibility index (Phi) is 12.1. The number of hydrogen-bond acceptors (Lipinski definition) is 6. The van der Waals surface area contributed by atoms with Gasteiger partial charge in [-0.3, -0.25) is 9.69 Å². The lowest BCUT2D eigenvalue weighted by Crippen LogP contribution is -2.56. The minimum Gasteiger partial charge on any atom is -0.493 e. The average molecular weight is 659 g/mol. The first-order valence-corrected chi connectivity index (χ1v) is 16.8. The van der Waals surface area contributed by atoms with Crippen LogP contribution in [0.3, 0.4) is 0 Å². The lowest BCUT2D eigenvalue weighted by atomic mass is 9.87. The number of carboxylic acid groups (broad SMARTS) is 1. The number of hydrogen-bond donors (Lipinski definition) is 2. The summed E-state index contributed by atoms with van der Waals surface area (Å²) in [7, 11) is 0. The fourth-order valence-corrected chi connectivity index (χ4v) is 5.31. The fraction of sp³-hybridized carbons (Fsp3) is 0.462. The Morgan fingerprint density at radius 3 is 2.15 bits per heavy atom. The van der Waals surface area contributed by atoms with Crippen LogP contribution in [0.5, 0.6) is 17.2 Å². The monoisotopic (exact) mass is 658 g/mol. The zero-order valence-electron chi connectivity index (χ0n) is 29.2. The van der Waals surface area contributed by atoms with Crippen LogP contribution >= 0.6 is 0 Å². The fourth-order valence-electron chi connectivity index (χ4n) is 5.31. The maximum absolute atomic E-state index is 13.7. The average Bonchev–Trinajstić information content (AvgIpc) is 3.05. The van der Waals surface area contributed by atoms with E-state index in [0.717, 1.165) is 23.1 Å². The molecule has 2 amide bonds. The number of nitrogens with one attached hydrogen (secondary N) is 1. The van der Waals surface area contributed by atoms with Gasteiger partial charge in [0.1, 0.15) is 29.3 Å². The molecule has 3 aromatic carbocycles. The first-order valence-electron chi connectivity index (χ1n) is 16.8. The van der Waals surface area contributed by atoms with E-state index in [-0.39, 0.29) is 37.3 Å². The molecule has 1 aliphatic heterocycles. The van der Waals surface area contributed by atoms with Gasteiger partial charge in [0.15, 0.2) is 0 Å². The molecule has 0 spiro atoms. The molecule has 0 radical (unpaired) electrons. The highest BCUT2D eigenvalue weighted by atomic mass is 16.6. The molecule has 0 aromatic heterocycles. The largest absolute Gasteiger partial charge is 0.493 e. The second kappa shape index (κ2) is 16.0. The zero-order chi connectivity index (χ0) is 35.0. The number of fused-ring (bicyclic) bond motifs is 1. The molecule has 1 aliphatic rings. The van der Waals surface area contributed by atoms with E-state index >= 15 is 0 Å². The molecule has 2 N–H and O–H groups in total.